The molecule has 0 spiro atoms. The van der Waals surface area contributed by atoms with Gasteiger partial charge in [0.2, 0.25) is 17.6 Å². The summed E-state index contributed by atoms with van der Waals surface area (Å²) >= 11 is 0. The molecule has 1 aliphatic rings. The smallest absolute Gasteiger partial charge is 0.371 e. The summed E-state index contributed by atoms with van der Waals surface area (Å²) in [6.07, 6.45) is 0.663. The molecule has 0 aromatic carbocycles. The lowest BCUT2D eigenvalue weighted by Crippen LogP contribution is -2.42. The van der Waals surface area contributed by atoms with E-state index >= 15 is 0 Å². The van der Waals surface area contributed by atoms with Crippen LogP contribution in [0.25, 0.3) is 0 Å². The molecular weight excluding hydrogens is 238 g/mol. The van der Waals surface area contributed by atoms with Crippen LogP contribution in [-0.4, -0.2) is 27.8 Å². The first-order chi connectivity index (χ1) is 8.47. The Bertz CT molecular complexity index is 486. The van der Waals surface area contributed by atoms with Gasteiger partial charge in [0.15, 0.2) is 0 Å². The largest absolute Gasteiger partial charge is 0.475 e. The van der Waals surface area contributed by atoms with Crippen LogP contribution >= 0.6 is 0 Å². The van der Waals surface area contributed by atoms with E-state index in [1.165, 1.54) is 12.1 Å². The highest BCUT2D eigenvalue weighted by Gasteiger charge is 2.30. The first kappa shape index (κ1) is 12.3. The zero-order chi connectivity index (χ0) is 13.3. The fraction of sp³-hybridized carbons (Fsp3) is 0.417. The maximum absolute atomic E-state index is 11.7. The number of furan rings is 1. The third-order valence-electron chi connectivity index (χ3n) is 2.83. The van der Waals surface area contributed by atoms with Crippen LogP contribution < -0.4 is 0 Å². The first-order valence-electron chi connectivity index (χ1n) is 5.62. The van der Waals surface area contributed by atoms with Crippen LogP contribution in [0, 0.1) is 5.92 Å². The molecule has 1 aliphatic heterocycles. The predicted octanol–water partition coefficient (Wildman–Crippen LogP) is 1.26. The third kappa shape index (κ3) is 2.42. The number of carboxylic acids is 1. The average molecular weight is 251 g/mol. The monoisotopic (exact) mass is 251 g/mol. The van der Waals surface area contributed by atoms with Gasteiger partial charge in [-0.1, -0.05) is 6.92 Å². The number of rotatable bonds is 3. The Hall–Kier alpha value is -2.11. The topological polar surface area (TPSA) is 87.8 Å². The van der Waals surface area contributed by atoms with E-state index < -0.39 is 5.97 Å². The Labute approximate surface area is 103 Å². The zero-order valence-electron chi connectivity index (χ0n) is 9.88. The highest BCUT2D eigenvalue weighted by Crippen LogP contribution is 2.21. The Kier molecular flexibility index (Phi) is 3.18. The Balaban J connectivity index is 2.10. The van der Waals surface area contributed by atoms with Gasteiger partial charge >= 0.3 is 5.97 Å². The molecule has 6 nitrogen and oxygen atoms in total. The molecule has 0 aliphatic carbocycles. The van der Waals surface area contributed by atoms with Crippen molar-refractivity contribution in [3.8, 4) is 0 Å². The van der Waals surface area contributed by atoms with Crippen LogP contribution in [0.5, 0.6) is 0 Å². The van der Waals surface area contributed by atoms with Crippen LogP contribution in [0.1, 0.15) is 36.1 Å². The molecule has 1 saturated heterocycles. The number of imide groups is 1. The van der Waals surface area contributed by atoms with Crippen molar-refractivity contribution in [2.45, 2.75) is 26.3 Å². The first-order valence-corrected chi connectivity index (χ1v) is 5.62. The van der Waals surface area contributed by atoms with Gasteiger partial charge in [-0.2, -0.15) is 0 Å². The van der Waals surface area contributed by atoms with Crippen molar-refractivity contribution in [3.05, 3.63) is 23.7 Å². The van der Waals surface area contributed by atoms with Gasteiger partial charge in [0.05, 0.1) is 6.54 Å². The van der Waals surface area contributed by atoms with E-state index in [-0.39, 0.29) is 30.0 Å². The minimum absolute atomic E-state index is 0.00231. The fourth-order valence-electron chi connectivity index (χ4n) is 1.94. The van der Waals surface area contributed by atoms with Gasteiger partial charge in [0.25, 0.3) is 0 Å². The average Bonchev–Trinajstić information content (AvgIpc) is 2.71. The molecule has 0 radical (unpaired) electrons. The Morgan fingerprint density at radius 1 is 1.39 bits per heavy atom. The molecule has 2 rings (SSSR count). The number of piperidine rings is 1. The van der Waals surface area contributed by atoms with E-state index in [2.05, 4.69) is 0 Å². The summed E-state index contributed by atoms with van der Waals surface area (Å²) in [7, 11) is 0. The Morgan fingerprint density at radius 3 is 2.50 bits per heavy atom. The van der Waals surface area contributed by atoms with E-state index in [0.717, 1.165) is 4.90 Å². The maximum atomic E-state index is 11.7. The summed E-state index contributed by atoms with van der Waals surface area (Å²) in [5.74, 6) is -1.50. The predicted molar refractivity (Wildman–Crippen MR) is 59.6 cm³/mol. The molecule has 18 heavy (non-hydrogen) atoms. The summed E-state index contributed by atoms with van der Waals surface area (Å²) in [6.45, 7) is 1.85. The molecule has 96 valence electrons. The number of carbonyl (C=O) groups excluding carboxylic acids is 2. The molecule has 1 aromatic rings. The summed E-state index contributed by atoms with van der Waals surface area (Å²) in [5, 5.41) is 8.70. The second-order valence-corrected chi connectivity index (χ2v) is 4.46. The highest BCUT2D eigenvalue weighted by atomic mass is 16.4. The zero-order valence-corrected chi connectivity index (χ0v) is 9.88. The SMILES string of the molecule is CC1CC(=O)N(Cc2ccc(C(=O)O)o2)C(=O)C1. The minimum Gasteiger partial charge on any atom is -0.475 e. The van der Waals surface area contributed by atoms with E-state index in [0.29, 0.717) is 18.6 Å². The van der Waals surface area contributed by atoms with Crippen molar-refractivity contribution in [2.24, 2.45) is 5.92 Å². The van der Waals surface area contributed by atoms with Gasteiger partial charge in [-0.3, -0.25) is 14.5 Å². The highest BCUT2D eigenvalue weighted by molar-refractivity contribution is 5.97. The minimum atomic E-state index is -1.17. The number of carboxylic acid groups (broad SMARTS) is 1. The summed E-state index contributed by atoms with van der Waals surface area (Å²) < 4.78 is 5.03. The standard InChI is InChI=1S/C12H13NO5/c1-7-4-10(14)13(11(15)5-7)6-8-2-3-9(18-8)12(16)17/h2-3,7H,4-6H2,1H3,(H,16,17). The summed E-state index contributed by atoms with van der Waals surface area (Å²) in [6, 6.07) is 2.77. The maximum Gasteiger partial charge on any atom is 0.371 e. The molecular formula is C12H13NO5. The second-order valence-electron chi connectivity index (χ2n) is 4.46. The van der Waals surface area contributed by atoms with Gasteiger partial charge in [-0.25, -0.2) is 4.79 Å². The van der Waals surface area contributed by atoms with Crippen LogP contribution in [0.2, 0.25) is 0 Å². The number of hydrogen-bond donors (Lipinski definition) is 1. The van der Waals surface area contributed by atoms with Gasteiger partial charge in [-0.15, -0.1) is 0 Å². The number of amides is 2. The van der Waals surface area contributed by atoms with Crippen LogP contribution in [0.4, 0.5) is 0 Å². The van der Waals surface area contributed by atoms with Crippen molar-refractivity contribution in [1.29, 1.82) is 0 Å². The van der Waals surface area contributed by atoms with Crippen molar-refractivity contribution < 1.29 is 23.9 Å². The second kappa shape index (κ2) is 4.64. The lowest BCUT2D eigenvalue weighted by molar-refractivity contribution is -0.150. The Morgan fingerprint density at radius 2 is 2.00 bits per heavy atom. The quantitative estimate of drug-likeness (QED) is 0.817. The summed E-state index contributed by atoms with van der Waals surface area (Å²) in [4.78, 5) is 35.2. The number of nitrogens with zero attached hydrogens (tertiary/aromatic N) is 1. The van der Waals surface area contributed by atoms with E-state index in [1.54, 1.807) is 0 Å². The van der Waals surface area contributed by atoms with Crippen LogP contribution in [0.3, 0.4) is 0 Å². The fourth-order valence-corrected chi connectivity index (χ4v) is 1.94. The van der Waals surface area contributed by atoms with Crippen LogP contribution in [-0.2, 0) is 16.1 Å². The molecule has 1 aromatic heterocycles. The van der Waals surface area contributed by atoms with Gasteiger partial charge in [0, 0.05) is 12.8 Å². The molecule has 0 saturated carbocycles. The number of carbonyl (C=O) groups is 3. The molecule has 1 fully saturated rings. The molecule has 0 atom stereocenters. The lowest BCUT2D eigenvalue weighted by Gasteiger charge is -2.27. The molecule has 2 heterocycles. The molecule has 0 unspecified atom stereocenters. The van der Waals surface area contributed by atoms with Crippen molar-refractivity contribution in [2.75, 3.05) is 0 Å². The molecule has 2 amide bonds. The number of aromatic carboxylic acids is 1. The molecule has 6 heteroatoms. The lowest BCUT2D eigenvalue weighted by atomic mass is 9.98. The normalized spacial score (nSPS) is 17.3. The van der Waals surface area contributed by atoms with E-state index in [1.807, 2.05) is 6.92 Å². The number of hydrogen-bond acceptors (Lipinski definition) is 4. The van der Waals surface area contributed by atoms with Gasteiger partial charge in [-0.05, 0) is 18.1 Å². The van der Waals surface area contributed by atoms with Crippen molar-refractivity contribution >= 4 is 17.8 Å². The summed E-state index contributed by atoms with van der Waals surface area (Å²) in [5.41, 5.74) is 0. The van der Waals surface area contributed by atoms with E-state index in [4.69, 9.17) is 9.52 Å². The number of likely N-dealkylation sites (tertiary alicyclic amines) is 1. The molecule has 1 N–H and O–H groups in total. The van der Waals surface area contributed by atoms with Gasteiger partial charge in [0.1, 0.15) is 5.76 Å². The van der Waals surface area contributed by atoms with Crippen LogP contribution in [0.15, 0.2) is 16.5 Å². The molecule has 0 bridgehead atoms. The van der Waals surface area contributed by atoms with Crippen molar-refractivity contribution in [3.63, 3.8) is 0 Å². The van der Waals surface area contributed by atoms with Gasteiger partial charge < -0.3 is 9.52 Å². The van der Waals surface area contributed by atoms with Crippen molar-refractivity contribution in [1.82, 2.24) is 4.90 Å². The van der Waals surface area contributed by atoms with E-state index in [9.17, 15) is 14.4 Å². The third-order valence-corrected chi connectivity index (χ3v) is 2.83.